The number of fused-ring (bicyclic) bond motifs is 1. The van der Waals surface area contributed by atoms with Gasteiger partial charge in [-0.1, -0.05) is 0 Å². The van der Waals surface area contributed by atoms with Crippen LogP contribution in [0.1, 0.15) is 66.9 Å². The van der Waals surface area contributed by atoms with E-state index in [-0.39, 0.29) is 24.4 Å². The van der Waals surface area contributed by atoms with Crippen molar-refractivity contribution in [3.63, 3.8) is 0 Å². The lowest BCUT2D eigenvalue weighted by Crippen LogP contribution is -2.43. The average Bonchev–Trinajstić information content (AvgIpc) is 2.98. The van der Waals surface area contributed by atoms with E-state index in [4.69, 9.17) is 9.47 Å². The Bertz CT molecular complexity index is 965. The Labute approximate surface area is 176 Å². The molecule has 0 bridgehead atoms. The standard InChI is InChI=1S/C22H29N3O5/c1-6-29-20(27)18-14(2)17(16-13-23-9-12-25(16)18)19(26)15-7-10-24(11-8-15)21(28)30-22(3,4)5/h9,12-13,15H,6-8,10-11H2,1-5H3. The van der Waals surface area contributed by atoms with E-state index < -0.39 is 11.6 Å². The van der Waals surface area contributed by atoms with E-state index >= 15 is 0 Å². The topological polar surface area (TPSA) is 90.2 Å². The Balaban J connectivity index is 1.82. The first kappa shape index (κ1) is 21.8. The molecule has 0 aromatic carbocycles. The van der Waals surface area contributed by atoms with Gasteiger partial charge in [-0.2, -0.15) is 0 Å². The lowest BCUT2D eigenvalue weighted by atomic mass is 9.88. The number of piperidine rings is 1. The second kappa shape index (κ2) is 8.45. The van der Waals surface area contributed by atoms with E-state index in [2.05, 4.69) is 4.98 Å². The van der Waals surface area contributed by atoms with E-state index in [1.165, 1.54) is 0 Å². The first-order valence-electron chi connectivity index (χ1n) is 10.3. The summed E-state index contributed by atoms with van der Waals surface area (Å²) in [7, 11) is 0. The molecule has 1 aliphatic heterocycles. The number of Topliss-reactive ketones (excluding diaryl/α,β-unsaturated/α-hetero) is 1. The second-order valence-corrected chi connectivity index (χ2v) is 8.51. The Hall–Kier alpha value is -2.90. The third kappa shape index (κ3) is 4.32. The van der Waals surface area contributed by atoms with Crippen LogP contribution in [0.4, 0.5) is 4.79 Å². The molecular formula is C22H29N3O5. The number of aromatic nitrogens is 2. The number of amides is 1. The molecule has 0 saturated carbocycles. The molecule has 0 N–H and O–H groups in total. The molecule has 3 heterocycles. The minimum Gasteiger partial charge on any atom is -0.461 e. The first-order valence-corrected chi connectivity index (χ1v) is 10.3. The minimum atomic E-state index is -0.553. The van der Waals surface area contributed by atoms with Gasteiger partial charge in [0.1, 0.15) is 11.3 Å². The summed E-state index contributed by atoms with van der Waals surface area (Å²) in [4.78, 5) is 44.0. The Kier molecular flexibility index (Phi) is 6.14. The SMILES string of the molecule is CCOC(=O)c1c(C)c(C(=O)C2CCN(C(=O)OC(C)(C)C)CC2)c2cnccn12. The van der Waals surface area contributed by atoms with Gasteiger partial charge < -0.3 is 18.8 Å². The highest BCUT2D eigenvalue weighted by Gasteiger charge is 2.33. The van der Waals surface area contributed by atoms with Crippen LogP contribution in [0.25, 0.3) is 5.52 Å². The van der Waals surface area contributed by atoms with Gasteiger partial charge in [-0.15, -0.1) is 0 Å². The molecule has 30 heavy (non-hydrogen) atoms. The molecule has 8 heteroatoms. The van der Waals surface area contributed by atoms with E-state index in [1.54, 1.807) is 41.7 Å². The number of nitrogens with zero attached hydrogens (tertiary/aromatic N) is 3. The number of hydrogen-bond donors (Lipinski definition) is 0. The monoisotopic (exact) mass is 415 g/mol. The van der Waals surface area contributed by atoms with Gasteiger partial charge in [0, 0.05) is 37.0 Å². The third-order valence-electron chi connectivity index (χ3n) is 5.22. The van der Waals surface area contributed by atoms with Crippen molar-refractivity contribution in [1.29, 1.82) is 0 Å². The number of ketones is 1. The van der Waals surface area contributed by atoms with Crippen molar-refractivity contribution in [1.82, 2.24) is 14.3 Å². The van der Waals surface area contributed by atoms with Crippen LogP contribution in [0.3, 0.4) is 0 Å². The van der Waals surface area contributed by atoms with Crippen LogP contribution in [0, 0.1) is 12.8 Å². The highest BCUT2D eigenvalue weighted by atomic mass is 16.6. The lowest BCUT2D eigenvalue weighted by molar-refractivity contribution is 0.0182. The molecule has 1 saturated heterocycles. The van der Waals surface area contributed by atoms with Crippen molar-refractivity contribution < 1.29 is 23.9 Å². The normalized spacial score (nSPS) is 15.3. The van der Waals surface area contributed by atoms with E-state index in [0.29, 0.717) is 48.3 Å². The Morgan fingerprint density at radius 1 is 1.20 bits per heavy atom. The zero-order valence-corrected chi connectivity index (χ0v) is 18.2. The summed E-state index contributed by atoms with van der Waals surface area (Å²) in [6.45, 7) is 10.2. The van der Waals surface area contributed by atoms with Crippen molar-refractivity contribution in [3.05, 3.63) is 35.4 Å². The van der Waals surface area contributed by atoms with Crippen LogP contribution in [0.5, 0.6) is 0 Å². The minimum absolute atomic E-state index is 0.0302. The van der Waals surface area contributed by atoms with E-state index in [9.17, 15) is 14.4 Å². The highest BCUT2D eigenvalue weighted by molar-refractivity contribution is 6.08. The predicted molar refractivity (Wildman–Crippen MR) is 111 cm³/mol. The number of likely N-dealkylation sites (tertiary alicyclic amines) is 1. The maximum Gasteiger partial charge on any atom is 0.410 e. The van der Waals surface area contributed by atoms with Crippen molar-refractivity contribution in [3.8, 4) is 0 Å². The molecular weight excluding hydrogens is 386 g/mol. The summed E-state index contributed by atoms with van der Waals surface area (Å²) in [5.74, 6) is -0.726. The molecule has 2 aromatic heterocycles. The van der Waals surface area contributed by atoms with Crippen molar-refractivity contribution in [2.24, 2.45) is 5.92 Å². The van der Waals surface area contributed by atoms with Crippen LogP contribution >= 0.6 is 0 Å². The first-order chi connectivity index (χ1) is 14.1. The van der Waals surface area contributed by atoms with Gasteiger partial charge in [-0.05, 0) is 53.0 Å². The molecule has 1 aliphatic rings. The van der Waals surface area contributed by atoms with Gasteiger partial charge in [0.15, 0.2) is 5.78 Å². The highest BCUT2D eigenvalue weighted by Crippen LogP contribution is 2.30. The van der Waals surface area contributed by atoms with Gasteiger partial charge in [-0.3, -0.25) is 9.78 Å². The van der Waals surface area contributed by atoms with Gasteiger partial charge in [-0.25, -0.2) is 9.59 Å². The number of carbonyl (C=O) groups is 3. The molecule has 2 aromatic rings. The number of hydrogen-bond acceptors (Lipinski definition) is 6. The summed E-state index contributed by atoms with van der Waals surface area (Å²) in [5, 5.41) is 0. The number of carbonyl (C=O) groups excluding carboxylic acids is 3. The fourth-order valence-corrected chi connectivity index (χ4v) is 3.85. The van der Waals surface area contributed by atoms with Crippen molar-refractivity contribution >= 4 is 23.4 Å². The largest absolute Gasteiger partial charge is 0.461 e. The van der Waals surface area contributed by atoms with Crippen LogP contribution in [-0.2, 0) is 9.47 Å². The molecule has 162 valence electrons. The number of ether oxygens (including phenoxy) is 2. The van der Waals surface area contributed by atoms with Crippen LogP contribution < -0.4 is 0 Å². The van der Waals surface area contributed by atoms with E-state index in [1.807, 2.05) is 20.8 Å². The van der Waals surface area contributed by atoms with Crippen LogP contribution in [0.2, 0.25) is 0 Å². The van der Waals surface area contributed by atoms with Gasteiger partial charge in [0.25, 0.3) is 0 Å². The molecule has 1 fully saturated rings. The predicted octanol–water partition coefficient (Wildman–Crippen LogP) is 3.65. The molecule has 0 spiro atoms. The molecule has 1 amide bonds. The van der Waals surface area contributed by atoms with E-state index in [0.717, 1.165) is 0 Å². The molecule has 0 unspecified atom stereocenters. The molecule has 0 atom stereocenters. The average molecular weight is 415 g/mol. The number of esters is 1. The zero-order chi connectivity index (χ0) is 22.1. The Morgan fingerprint density at radius 2 is 1.87 bits per heavy atom. The third-order valence-corrected chi connectivity index (χ3v) is 5.22. The molecule has 0 radical (unpaired) electrons. The fourth-order valence-electron chi connectivity index (χ4n) is 3.85. The smallest absolute Gasteiger partial charge is 0.410 e. The van der Waals surface area contributed by atoms with Gasteiger partial charge in [0.05, 0.1) is 18.3 Å². The molecule has 3 rings (SSSR count). The Morgan fingerprint density at radius 3 is 2.47 bits per heavy atom. The summed E-state index contributed by atoms with van der Waals surface area (Å²) in [5.41, 5.74) is 1.49. The summed E-state index contributed by atoms with van der Waals surface area (Å²) < 4.78 is 12.3. The summed E-state index contributed by atoms with van der Waals surface area (Å²) >= 11 is 0. The van der Waals surface area contributed by atoms with Crippen LogP contribution in [-0.4, -0.2) is 57.4 Å². The molecule has 8 nitrogen and oxygen atoms in total. The summed E-state index contributed by atoms with van der Waals surface area (Å²) in [6.07, 6.45) is 5.57. The maximum atomic E-state index is 13.4. The lowest BCUT2D eigenvalue weighted by Gasteiger charge is -2.33. The maximum absolute atomic E-state index is 13.4. The second-order valence-electron chi connectivity index (χ2n) is 8.51. The fraction of sp³-hybridized carbons (Fsp3) is 0.545. The summed E-state index contributed by atoms with van der Waals surface area (Å²) in [6, 6.07) is 0. The van der Waals surface area contributed by atoms with Crippen LogP contribution in [0.15, 0.2) is 18.6 Å². The quantitative estimate of drug-likeness (QED) is 0.559. The van der Waals surface area contributed by atoms with Gasteiger partial charge >= 0.3 is 12.1 Å². The van der Waals surface area contributed by atoms with Crippen molar-refractivity contribution in [2.75, 3.05) is 19.7 Å². The zero-order valence-electron chi connectivity index (χ0n) is 18.2. The number of rotatable bonds is 4. The van der Waals surface area contributed by atoms with Crippen molar-refractivity contribution in [2.45, 2.75) is 53.1 Å². The molecule has 0 aliphatic carbocycles. The van der Waals surface area contributed by atoms with Gasteiger partial charge in [0.2, 0.25) is 0 Å².